The third-order valence-corrected chi connectivity index (χ3v) is 4.70. The molecule has 0 amide bonds. The van der Waals surface area contributed by atoms with Gasteiger partial charge in [0.25, 0.3) is 0 Å². The van der Waals surface area contributed by atoms with Crippen molar-refractivity contribution < 1.29 is 9.47 Å². The van der Waals surface area contributed by atoms with Gasteiger partial charge in [0.2, 0.25) is 0 Å². The average Bonchev–Trinajstić information content (AvgIpc) is 2.72. The molecule has 0 aliphatic carbocycles. The van der Waals surface area contributed by atoms with E-state index < -0.39 is 5.54 Å². The zero-order valence-electron chi connectivity index (χ0n) is 15.0. The number of ether oxygens (including phenoxy) is 2. The van der Waals surface area contributed by atoms with E-state index in [9.17, 15) is 5.26 Å². The van der Waals surface area contributed by atoms with E-state index in [2.05, 4.69) is 16.3 Å². The van der Waals surface area contributed by atoms with E-state index in [4.69, 9.17) is 9.47 Å². The van der Waals surface area contributed by atoms with E-state index in [1.165, 1.54) is 0 Å². The summed E-state index contributed by atoms with van der Waals surface area (Å²) in [6.07, 6.45) is 1.69. The largest absolute Gasteiger partial charge is 0.489 e. The number of rotatable bonds is 6. The van der Waals surface area contributed by atoms with Crippen molar-refractivity contribution in [3.05, 3.63) is 60.2 Å². The Labute approximate surface area is 154 Å². The maximum atomic E-state index is 9.57. The van der Waals surface area contributed by atoms with Gasteiger partial charge in [0.1, 0.15) is 12.4 Å². The number of nitriles is 1. The van der Waals surface area contributed by atoms with Gasteiger partial charge >= 0.3 is 0 Å². The molecule has 0 radical (unpaired) electrons. The highest BCUT2D eigenvalue weighted by molar-refractivity contribution is 5.40. The fourth-order valence-corrected chi connectivity index (χ4v) is 2.97. The quantitative estimate of drug-likeness (QED) is 0.685. The molecule has 0 N–H and O–H groups in total. The van der Waals surface area contributed by atoms with Crippen LogP contribution in [0, 0.1) is 17.2 Å². The summed E-state index contributed by atoms with van der Waals surface area (Å²) in [6.45, 7) is 3.75. The molecule has 0 bridgehead atoms. The van der Waals surface area contributed by atoms with E-state index in [1.54, 1.807) is 0 Å². The topological polar surface area (TPSA) is 67.0 Å². The zero-order valence-corrected chi connectivity index (χ0v) is 15.0. The molecular weight excluding hydrogens is 326 g/mol. The normalized spacial score (nSPS) is 17.5. The molecule has 3 rings (SSSR count). The van der Waals surface area contributed by atoms with Crippen LogP contribution in [0.3, 0.4) is 0 Å². The van der Waals surface area contributed by atoms with Gasteiger partial charge in [0, 0.05) is 19.1 Å². The van der Waals surface area contributed by atoms with Gasteiger partial charge in [-0.25, -0.2) is 0 Å². The molecule has 1 atom stereocenters. The lowest BCUT2D eigenvalue weighted by Gasteiger charge is -2.30. The fraction of sp³-hybridized carbons (Fsp3) is 0.381. The molecule has 5 heteroatoms. The van der Waals surface area contributed by atoms with Crippen LogP contribution in [-0.4, -0.2) is 18.8 Å². The van der Waals surface area contributed by atoms with Crippen molar-refractivity contribution in [2.24, 2.45) is 16.1 Å². The van der Waals surface area contributed by atoms with Crippen molar-refractivity contribution in [3.8, 4) is 11.8 Å². The summed E-state index contributed by atoms with van der Waals surface area (Å²) in [7, 11) is 0. The first-order valence-electron chi connectivity index (χ1n) is 8.88. The van der Waals surface area contributed by atoms with Crippen molar-refractivity contribution in [2.75, 3.05) is 13.2 Å². The first-order valence-corrected chi connectivity index (χ1v) is 8.88. The van der Waals surface area contributed by atoms with Gasteiger partial charge in [-0.15, -0.1) is 0 Å². The Morgan fingerprint density at radius 2 is 1.81 bits per heavy atom. The number of azo groups is 1. The molecule has 0 saturated carbocycles. The second-order valence-corrected chi connectivity index (χ2v) is 6.61. The Balaban J connectivity index is 1.61. The molecule has 1 heterocycles. The molecular formula is C21H23N3O2. The SMILES string of the molecule is CC(C#N)(N=Nc1ccc(OCc2ccccc2)cc1)C1CCOCC1. The molecule has 5 nitrogen and oxygen atoms in total. The lowest BCUT2D eigenvalue weighted by molar-refractivity contribution is 0.0508. The predicted molar refractivity (Wildman–Crippen MR) is 99.3 cm³/mol. The van der Waals surface area contributed by atoms with Crippen molar-refractivity contribution in [1.29, 1.82) is 5.26 Å². The van der Waals surface area contributed by atoms with Gasteiger partial charge in [-0.2, -0.15) is 15.5 Å². The highest BCUT2D eigenvalue weighted by Crippen LogP contribution is 2.31. The van der Waals surface area contributed by atoms with Gasteiger partial charge in [-0.05, 0) is 49.6 Å². The zero-order chi connectivity index (χ0) is 18.2. The molecule has 1 saturated heterocycles. The van der Waals surface area contributed by atoms with Crippen molar-refractivity contribution in [2.45, 2.75) is 31.9 Å². The highest BCUT2D eigenvalue weighted by Gasteiger charge is 2.35. The molecule has 2 aromatic carbocycles. The Hall–Kier alpha value is -2.71. The summed E-state index contributed by atoms with van der Waals surface area (Å²) in [4.78, 5) is 0. The maximum absolute atomic E-state index is 9.57. The minimum absolute atomic E-state index is 0.179. The standard InChI is InChI=1S/C21H23N3O2/c1-21(16-22,18-11-13-25-14-12-18)24-23-19-7-9-20(10-8-19)26-15-17-5-3-2-4-6-17/h2-10,18H,11-15H2,1H3. The van der Waals surface area contributed by atoms with Gasteiger partial charge in [-0.3, -0.25) is 0 Å². The summed E-state index contributed by atoms with van der Waals surface area (Å²) in [5, 5.41) is 18.2. The molecule has 1 aliphatic rings. The van der Waals surface area contributed by atoms with Gasteiger partial charge < -0.3 is 9.47 Å². The fourth-order valence-electron chi connectivity index (χ4n) is 2.97. The first kappa shape index (κ1) is 18.1. The summed E-state index contributed by atoms with van der Waals surface area (Å²) in [5.74, 6) is 0.957. The molecule has 0 aromatic heterocycles. The Kier molecular flexibility index (Phi) is 5.98. The van der Waals surface area contributed by atoms with E-state index >= 15 is 0 Å². The van der Waals surface area contributed by atoms with Crippen LogP contribution < -0.4 is 4.74 Å². The smallest absolute Gasteiger partial charge is 0.168 e. The van der Waals surface area contributed by atoms with Crippen molar-refractivity contribution >= 4 is 5.69 Å². The van der Waals surface area contributed by atoms with Gasteiger partial charge in [0.05, 0.1) is 11.8 Å². The van der Waals surface area contributed by atoms with Crippen molar-refractivity contribution in [3.63, 3.8) is 0 Å². The van der Waals surface area contributed by atoms with E-state index in [-0.39, 0.29) is 5.92 Å². The average molecular weight is 349 g/mol. The minimum Gasteiger partial charge on any atom is -0.489 e. The Bertz CT molecular complexity index is 762. The summed E-state index contributed by atoms with van der Waals surface area (Å²) in [6, 6.07) is 19.8. The molecule has 1 unspecified atom stereocenters. The van der Waals surface area contributed by atoms with E-state index in [0.717, 1.165) is 24.2 Å². The lowest BCUT2D eigenvalue weighted by atomic mass is 9.82. The maximum Gasteiger partial charge on any atom is 0.168 e. The Morgan fingerprint density at radius 1 is 1.12 bits per heavy atom. The highest BCUT2D eigenvalue weighted by atomic mass is 16.5. The van der Waals surface area contributed by atoms with Crippen LogP contribution in [0.4, 0.5) is 5.69 Å². The van der Waals surface area contributed by atoms with Crippen LogP contribution in [0.15, 0.2) is 64.8 Å². The number of hydrogen-bond acceptors (Lipinski definition) is 5. The van der Waals surface area contributed by atoms with Gasteiger partial charge in [-0.1, -0.05) is 30.3 Å². The molecule has 26 heavy (non-hydrogen) atoms. The van der Waals surface area contributed by atoms with Crippen LogP contribution >= 0.6 is 0 Å². The summed E-state index contributed by atoms with van der Waals surface area (Å²) < 4.78 is 11.1. The first-order chi connectivity index (χ1) is 12.7. The van der Waals surface area contributed by atoms with E-state index in [1.807, 2.05) is 61.5 Å². The number of nitrogens with zero attached hydrogens (tertiary/aromatic N) is 3. The number of hydrogen-bond donors (Lipinski definition) is 0. The molecule has 1 fully saturated rings. The third kappa shape index (κ3) is 4.68. The summed E-state index contributed by atoms with van der Waals surface area (Å²) in [5.41, 5.74) is 1.02. The molecule has 0 spiro atoms. The van der Waals surface area contributed by atoms with E-state index in [0.29, 0.717) is 25.5 Å². The lowest BCUT2D eigenvalue weighted by Crippen LogP contribution is -2.35. The van der Waals surface area contributed by atoms with Crippen LogP contribution in [0.2, 0.25) is 0 Å². The minimum atomic E-state index is -0.813. The molecule has 2 aromatic rings. The van der Waals surface area contributed by atoms with Crippen LogP contribution in [0.5, 0.6) is 5.75 Å². The number of benzene rings is 2. The Morgan fingerprint density at radius 3 is 2.46 bits per heavy atom. The van der Waals surface area contributed by atoms with Crippen LogP contribution in [0.25, 0.3) is 0 Å². The monoisotopic (exact) mass is 349 g/mol. The third-order valence-electron chi connectivity index (χ3n) is 4.70. The van der Waals surface area contributed by atoms with Crippen molar-refractivity contribution in [1.82, 2.24) is 0 Å². The second-order valence-electron chi connectivity index (χ2n) is 6.61. The molecule has 1 aliphatic heterocycles. The van der Waals surface area contributed by atoms with Crippen LogP contribution in [-0.2, 0) is 11.3 Å². The van der Waals surface area contributed by atoms with Crippen LogP contribution in [0.1, 0.15) is 25.3 Å². The second kappa shape index (κ2) is 8.59. The van der Waals surface area contributed by atoms with Gasteiger partial charge in [0.15, 0.2) is 5.54 Å². The molecule has 134 valence electrons. The predicted octanol–water partition coefficient (Wildman–Crippen LogP) is 5.06. The summed E-state index contributed by atoms with van der Waals surface area (Å²) >= 11 is 0.